The lowest BCUT2D eigenvalue weighted by Gasteiger charge is -2.32. The van der Waals surface area contributed by atoms with Crippen LogP contribution in [0.15, 0.2) is 18.2 Å². The molecule has 0 bridgehead atoms. The van der Waals surface area contributed by atoms with Crippen molar-refractivity contribution in [3.8, 4) is 5.75 Å². The minimum atomic E-state index is 0.0776. The minimum absolute atomic E-state index is 0.0776. The average molecular weight is 220 g/mol. The van der Waals surface area contributed by atoms with Gasteiger partial charge in [-0.3, -0.25) is 4.79 Å². The van der Waals surface area contributed by atoms with Gasteiger partial charge in [0.25, 0.3) is 0 Å². The van der Waals surface area contributed by atoms with Crippen molar-refractivity contribution in [2.75, 3.05) is 26.1 Å². The molecule has 1 heterocycles. The van der Waals surface area contributed by atoms with Crippen LogP contribution < -0.4 is 15.0 Å². The number of hydrogen-bond acceptors (Lipinski definition) is 3. The van der Waals surface area contributed by atoms with Crippen molar-refractivity contribution in [2.45, 2.75) is 12.5 Å². The zero-order valence-corrected chi connectivity index (χ0v) is 9.78. The highest BCUT2D eigenvalue weighted by Gasteiger charge is 2.30. The fourth-order valence-corrected chi connectivity index (χ4v) is 2.15. The van der Waals surface area contributed by atoms with Gasteiger partial charge in [-0.2, -0.15) is 0 Å². The number of para-hydroxylation sites is 1. The lowest BCUT2D eigenvalue weighted by Crippen LogP contribution is -2.37. The number of nitrogens with zero attached hydrogens (tertiary/aromatic N) is 1. The van der Waals surface area contributed by atoms with Crippen molar-refractivity contribution >= 4 is 11.6 Å². The Kier molecular flexibility index (Phi) is 2.83. The van der Waals surface area contributed by atoms with Crippen LogP contribution in [0.5, 0.6) is 5.75 Å². The molecular formula is C12H16N2O2. The Morgan fingerprint density at radius 2 is 2.25 bits per heavy atom. The maximum absolute atomic E-state index is 11.8. The van der Waals surface area contributed by atoms with Gasteiger partial charge in [-0.15, -0.1) is 0 Å². The number of rotatable bonds is 2. The minimum Gasteiger partial charge on any atom is -0.495 e. The third-order valence-corrected chi connectivity index (χ3v) is 3.06. The number of nitrogens with one attached hydrogen (secondary N) is 1. The Labute approximate surface area is 95.2 Å². The summed E-state index contributed by atoms with van der Waals surface area (Å²) in [4.78, 5) is 13.5. The number of fused-ring (bicyclic) bond motifs is 1. The van der Waals surface area contributed by atoms with E-state index in [0.717, 1.165) is 17.0 Å². The summed E-state index contributed by atoms with van der Waals surface area (Å²) in [6, 6.07) is 5.93. The van der Waals surface area contributed by atoms with Gasteiger partial charge in [0.2, 0.25) is 5.91 Å². The molecule has 16 heavy (non-hydrogen) atoms. The van der Waals surface area contributed by atoms with Gasteiger partial charge < -0.3 is 15.0 Å². The van der Waals surface area contributed by atoms with Crippen molar-refractivity contribution in [1.29, 1.82) is 0 Å². The summed E-state index contributed by atoms with van der Waals surface area (Å²) in [6.07, 6.45) is 0.493. The summed E-state index contributed by atoms with van der Waals surface area (Å²) < 4.78 is 5.30. The van der Waals surface area contributed by atoms with E-state index in [1.165, 1.54) is 0 Å². The first kappa shape index (κ1) is 11.0. The second kappa shape index (κ2) is 4.14. The maximum Gasteiger partial charge on any atom is 0.228 e. The summed E-state index contributed by atoms with van der Waals surface area (Å²) in [5.41, 5.74) is 1.99. The van der Waals surface area contributed by atoms with E-state index < -0.39 is 0 Å². The predicted molar refractivity (Wildman–Crippen MR) is 62.8 cm³/mol. The Hall–Kier alpha value is -1.55. The number of hydrogen-bond donors (Lipinski definition) is 1. The van der Waals surface area contributed by atoms with Gasteiger partial charge >= 0.3 is 0 Å². The molecule has 86 valence electrons. The zero-order valence-electron chi connectivity index (χ0n) is 9.78. The summed E-state index contributed by atoms with van der Waals surface area (Å²) in [6.45, 7) is 0. The van der Waals surface area contributed by atoms with Crippen LogP contribution in [0, 0.1) is 0 Å². The highest BCUT2D eigenvalue weighted by Crippen LogP contribution is 2.39. The maximum atomic E-state index is 11.8. The van der Waals surface area contributed by atoms with Crippen molar-refractivity contribution in [2.24, 2.45) is 0 Å². The molecule has 1 amide bonds. The largest absolute Gasteiger partial charge is 0.495 e. The lowest BCUT2D eigenvalue weighted by atomic mass is 9.96. The highest BCUT2D eigenvalue weighted by atomic mass is 16.5. The van der Waals surface area contributed by atoms with Gasteiger partial charge in [0, 0.05) is 19.5 Å². The van der Waals surface area contributed by atoms with Crippen LogP contribution in [0.2, 0.25) is 0 Å². The van der Waals surface area contributed by atoms with E-state index in [1.807, 2.05) is 25.2 Å². The standard InChI is InChI=1S/C12H16N2O2/c1-13-9-7-11(15)14(2)12-8(9)5-4-6-10(12)16-3/h4-6,9,13H,7H2,1-3H3. The van der Waals surface area contributed by atoms with Gasteiger partial charge in [0.1, 0.15) is 5.75 Å². The van der Waals surface area contributed by atoms with Crippen LogP contribution in [-0.4, -0.2) is 27.1 Å². The zero-order chi connectivity index (χ0) is 11.7. The van der Waals surface area contributed by atoms with Crippen molar-refractivity contribution in [3.05, 3.63) is 23.8 Å². The molecule has 0 aromatic heterocycles. The lowest BCUT2D eigenvalue weighted by molar-refractivity contribution is -0.119. The fraction of sp³-hybridized carbons (Fsp3) is 0.417. The molecule has 2 rings (SSSR count). The molecule has 1 aromatic rings. The monoisotopic (exact) mass is 220 g/mol. The van der Waals surface area contributed by atoms with E-state index in [0.29, 0.717) is 6.42 Å². The van der Waals surface area contributed by atoms with E-state index >= 15 is 0 Å². The second-order valence-corrected chi connectivity index (χ2v) is 3.90. The molecule has 0 saturated heterocycles. The van der Waals surface area contributed by atoms with Crippen LogP contribution in [0.4, 0.5) is 5.69 Å². The topological polar surface area (TPSA) is 41.6 Å². The van der Waals surface area contributed by atoms with Crippen molar-refractivity contribution < 1.29 is 9.53 Å². The van der Waals surface area contributed by atoms with Crippen molar-refractivity contribution in [3.63, 3.8) is 0 Å². The van der Waals surface area contributed by atoms with Gasteiger partial charge in [-0.05, 0) is 18.7 Å². The van der Waals surface area contributed by atoms with Crippen LogP contribution in [0.1, 0.15) is 18.0 Å². The quantitative estimate of drug-likeness (QED) is 0.817. The second-order valence-electron chi connectivity index (χ2n) is 3.90. The van der Waals surface area contributed by atoms with E-state index in [-0.39, 0.29) is 11.9 Å². The third-order valence-electron chi connectivity index (χ3n) is 3.06. The molecule has 0 fully saturated rings. The summed E-state index contributed by atoms with van der Waals surface area (Å²) in [7, 11) is 5.28. The molecule has 0 spiro atoms. The van der Waals surface area contributed by atoms with E-state index in [4.69, 9.17) is 4.74 Å². The molecule has 1 aromatic carbocycles. The molecule has 4 heteroatoms. The first-order valence-electron chi connectivity index (χ1n) is 5.29. The molecule has 1 unspecified atom stereocenters. The molecule has 0 radical (unpaired) electrons. The average Bonchev–Trinajstić information content (AvgIpc) is 2.32. The number of anilines is 1. The van der Waals surface area contributed by atoms with E-state index in [1.54, 1.807) is 19.1 Å². The van der Waals surface area contributed by atoms with E-state index in [2.05, 4.69) is 5.32 Å². The Bertz CT molecular complexity index is 417. The Balaban J connectivity index is 2.58. The molecule has 1 N–H and O–H groups in total. The molecule has 4 nitrogen and oxygen atoms in total. The van der Waals surface area contributed by atoms with Gasteiger partial charge in [0.15, 0.2) is 0 Å². The molecular weight excluding hydrogens is 204 g/mol. The molecule has 1 aliphatic rings. The number of ether oxygens (including phenoxy) is 1. The first-order valence-corrected chi connectivity index (χ1v) is 5.29. The van der Waals surface area contributed by atoms with Gasteiger partial charge in [-0.25, -0.2) is 0 Å². The summed E-state index contributed by atoms with van der Waals surface area (Å²) in [5.74, 6) is 0.852. The van der Waals surface area contributed by atoms with Crippen molar-refractivity contribution in [1.82, 2.24) is 5.32 Å². The normalized spacial score (nSPS) is 19.6. The highest BCUT2D eigenvalue weighted by molar-refractivity contribution is 5.98. The Morgan fingerprint density at radius 3 is 2.88 bits per heavy atom. The Morgan fingerprint density at radius 1 is 1.50 bits per heavy atom. The molecule has 1 atom stereocenters. The van der Waals surface area contributed by atoms with Crippen LogP contribution in [0.25, 0.3) is 0 Å². The number of methoxy groups -OCH3 is 1. The van der Waals surface area contributed by atoms with Crippen LogP contribution >= 0.6 is 0 Å². The number of benzene rings is 1. The smallest absolute Gasteiger partial charge is 0.228 e. The molecule has 1 aliphatic heterocycles. The van der Waals surface area contributed by atoms with Crippen LogP contribution in [0.3, 0.4) is 0 Å². The predicted octanol–water partition coefficient (Wildman–Crippen LogP) is 1.32. The van der Waals surface area contributed by atoms with Gasteiger partial charge in [-0.1, -0.05) is 12.1 Å². The third kappa shape index (κ3) is 1.55. The fourth-order valence-electron chi connectivity index (χ4n) is 2.15. The SMILES string of the molecule is CNC1CC(=O)N(C)c2c(OC)cccc21. The van der Waals surface area contributed by atoms with Gasteiger partial charge in [0.05, 0.1) is 12.8 Å². The molecule has 0 aliphatic carbocycles. The first-order chi connectivity index (χ1) is 7.69. The summed E-state index contributed by atoms with van der Waals surface area (Å²) >= 11 is 0. The summed E-state index contributed by atoms with van der Waals surface area (Å²) in [5, 5.41) is 3.16. The number of carbonyl (C=O) groups is 1. The van der Waals surface area contributed by atoms with E-state index in [9.17, 15) is 4.79 Å². The number of carbonyl (C=O) groups excluding carboxylic acids is 1. The molecule has 0 saturated carbocycles. The van der Waals surface area contributed by atoms with Crippen LogP contribution in [-0.2, 0) is 4.79 Å². The number of amides is 1.